The zero-order chi connectivity index (χ0) is 9.23. The van der Waals surface area contributed by atoms with E-state index in [4.69, 9.17) is 10.00 Å². The van der Waals surface area contributed by atoms with Crippen LogP contribution in [0.2, 0.25) is 0 Å². The molecule has 0 aliphatic rings. The third-order valence-corrected chi connectivity index (χ3v) is 1.73. The summed E-state index contributed by atoms with van der Waals surface area (Å²) in [6, 6.07) is 2.14. The summed E-state index contributed by atoms with van der Waals surface area (Å²) in [4.78, 5) is 0. The molecule has 12 heavy (non-hydrogen) atoms. The predicted octanol–water partition coefficient (Wildman–Crippen LogP) is 2.74. The standard InChI is InChI=1S/C10H19NO/c1-3-4-5-6-7-12-9-10(2)8-11/h10H,3-7,9H2,1-2H3. The Kier molecular flexibility index (Phi) is 8.15. The van der Waals surface area contributed by atoms with Gasteiger partial charge in [-0.1, -0.05) is 26.2 Å². The Morgan fingerprint density at radius 1 is 1.33 bits per heavy atom. The normalized spacial score (nSPS) is 12.4. The fourth-order valence-electron chi connectivity index (χ4n) is 0.928. The molecule has 0 aliphatic heterocycles. The molecule has 0 amide bonds. The molecule has 1 unspecified atom stereocenters. The molecule has 2 nitrogen and oxygen atoms in total. The van der Waals surface area contributed by atoms with Crippen molar-refractivity contribution >= 4 is 0 Å². The Morgan fingerprint density at radius 3 is 2.67 bits per heavy atom. The van der Waals surface area contributed by atoms with Gasteiger partial charge in [-0.25, -0.2) is 0 Å². The second-order valence-corrected chi connectivity index (χ2v) is 3.17. The number of rotatable bonds is 7. The van der Waals surface area contributed by atoms with E-state index in [1.165, 1.54) is 19.3 Å². The van der Waals surface area contributed by atoms with Crippen LogP contribution in [0.4, 0.5) is 0 Å². The second-order valence-electron chi connectivity index (χ2n) is 3.17. The molecule has 0 heterocycles. The summed E-state index contributed by atoms with van der Waals surface area (Å²) < 4.78 is 5.31. The van der Waals surface area contributed by atoms with E-state index >= 15 is 0 Å². The Balaban J connectivity index is 2.96. The molecule has 70 valence electrons. The minimum atomic E-state index is 0.0381. The van der Waals surface area contributed by atoms with Gasteiger partial charge in [0, 0.05) is 6.61 Å². The van der Waals surface area contributed by atoms with Crippen molar-refractivity contribution in [3.8, 4) is 6.07 Å². The maximum Gasteiger partial charge on any atom is 0.0677 e. The minimum absolute atomic E-state index is 0.0381. The summed E-state index contributed by atoms with van der Waals surface area (Å²) in [5, 5.41) is 8.45. The first kappa shape index (κ1) is 11.4. The van der Waals surface area contributed by atoms with Gasteiger partial charge in [0.1, 0.15) is 0 Å². The van der Waals surface area contributed by atoms with Gasteiger partial charge in [-0.15, -0.1) is 0 Å². The van der Waals surface area contributed by atoms with Crippen LogP contribution in [0.1, 0.15) is 39.5 Å². The summed E-state index contributed by atoms with van der Waals surface area (Å²) in [6.07, 6.45) is 4.93. The SMILES string of the molecule is CCCCCCOCC(C)C#N. The third-order valence-electron chi connectivity index (χ3n) is 1.73. The van der Waals surface area contributed by atoms with E-state index in [1.54, 1.807) is 0 Å². The van der Waals surface area contributed by atoms with Crippen molar-refractivity contribution in [1.82, 2.24) is 0 Å². The topological polar surface area (TPSA) is 33.0 Å². The van der Waals surface area contributed by atoms with Gasteiger partial charge in [-0.2, -0.15) is 5.26 Å². The number of hydrogen-bond donors (Lipinski definition) is 0. The van der Waals surface area contributed by atoms with Gasteiger partial charge in [0.2, 0.25) is 0 Å². The smallest absolute Gasteiger partial charge is 0.0677 e. The van der Waals surface area contributed by atoms with E-state index in [9.17, 15) is 0 Å². The summed E-state index contributed by atoms with van der Waals surface area (Å²) in [5.74, 6) is 0.0381. The second kappa shape index (κ2) is 8.55. The van der Waals surface area contributed by atoms with Crippen LogP contribution in [0.25, 0.3) is 0 Å². The lowest BCUT2D eigenvalue weighted by molar-refractivity contribution is 0.115. The number of unbranched alkanes of at least 4 members (excludes halogenated alkanes) is 3. The van der Waals surface area contributed by atoms with E-state index in [2.05, 4.69) is 13.0 Å². The van der Waals surface area contributed by atoms with Crippen molar-refractivity contribution < 1.29 is 4.74 Å². The summed E-state index contributed by atoms with van der Waals surface area (Å²) in [5.41, 5.74) is 0. The zero-order valence-corrected chi connectivity index (χ0v) is 8.18. The van der Waals surface area contributed by atoms with Gasteiger partial charge in [0.25, 0.3) is 0 Å². The summed E-state index contributed by atoms with van der Waals surface area (Å²) >= 11 is 0. The quantitative estimate of drug-likeness (QED) is 0.549. The molecule has 0 aromatic carbocycles. The van der Waals surface area contributed by atoms with E-state index < -0.39 is 0 Å². The lowest BCUT2D eigenvalue weighted by atomic mass is 10.2. The Hall–Kier alpha value is -0.550. The van der Waals surface area contributed by atoms with Crippen molar-refractivity contribution in [2.75, 3.05) is 13.2 Å². The van der Waals surface area contributed by atoms with Crippen molar-refractivity contribution in [2.24, 2.45) is 5.92 Å². The van der Waals surface area contributed by atoms with E-state index in [0.29, 0.717) is 6.61 Å². The van der Waals surface area contributed by atoms with E-state index in [1.807, 2.05) is 6.92 Å². The lowest BCUT2D eigenvalue weighted by Gasteiger charge is -2.04. The Morgan fingerprint density at radius 2 is 2.08 bits per heavy atom. The van der Waals surface area contributed by atoms with Crippen molar-refractivity contribution in [2.45, 2.75) is 39.5 Å². The average Bonchev–Trinajstić information content (AvgIpc) is 2.10. The van der Waals surface area contributed by atoms with Gasteiger partial charge in [-0.3, -0.25) is 0 Å². The molecule has 1 atom stereocenters. The van der Waals surface area contributed by atoms with Crippen LogP contribution < -0.4 is 0 Å². The molecular formula is C10H19NO. The highest BCUT2D eigenvalue weighted by Crippen LogP contribution is 2.00. The molecule has 0 saturated heterocycles. The predicted molar refractivity (Wildman–Crippen MR) is 49.7 cm³/mol. The van der Waals surface area contributed by atoms with Crippen molar-refractivity contribution in [1.29, 1.82) is 5.26 Å². The van der Waals surface area contributed by atoms with E-state index in [0.717, 1.165) is 13.0 Å². The highest BCUT2D eigenvalue weighted by Gasteiger charge is 1.97. The van der Waals surface area contributed by atoms with Gasteiger partial charge in [-0.05, 0) is 13.3 Å². The third kappa shape index (κ3) is 7.56. The maximum absolute atomic E-state index is 8.45. The van der Waals surface area contributed by atoms with Gasteiger partial charge in [0.15, 0.2) is 0 Å². The van der Waals surface area contributed by atoms with Crippen LogP contribution in [-0.4, -0.2) is 13.2 Å². The number of ether oxygens (including phenoxy) is 1. The van der Waals surface area contributed by atoms with Crippen LogP contribution >= 0.6 is 0 Å². The molecular weight excluding hydrogens is 150 g/mol. The van der Waals surface area contributed by atoms with Crippen molar-refractivity contribution in [3.05, 3.63) is 0 Å². The zero-order valence-electron chi connectivity index (χ0n) is 8.18. The van der Waals surface area contributed by atoms with E-state index in [-0.39, 0.29) is 5.92 Å². The molecule has 0 aromatic rings. The number of hydrogen-bond acceptors (Lipinski definition) is 2. The van der Waals surface area contributed by atoms with Crippen LogP contribution in [0.15, 0.2) is 0 Å². The van der Waals surface area contributed by atoms with Gasteiger partial charge < -0.3 is 4.74 Å². The number of nitrogens with zero attached hydrogens (tertiary/aromatic N) is 1. The molecule has 0 radical (unpaired) electrons. The molecule has 0 aliphatic carbocycles. The molecule has 0 aromatic heterocycles. The number of nitriles is 1. The van der Waals surface area contributed by atoms with Gasteiger partial charge >= 0.3 is 0 Å². The first-order chi connectivity index (χ1) is 5.81. The molecule has 0 fully saturated rings. The summed E-state index contributed by atoms with van der Waals surface area (Å²) in [7, 11) is 0. The minimum Gasteiger partial charge on any atom is -0.380 e. The van der Waals surface area contributed by atoms with Crippen LogP contribution in [0.5, 0.6) is 0 Å². The first-order valence-corrected chi connectivity index (χ1v) is 4.78. The van der Waals surface area contributed by atoms with Gasteiger partial charge in [0.05, 0.1) is 18.6 Å². The molecule has 2 heteroatoms. The molecule has 0 bridgehead atoms. The molecule has 0 rings (SSSR count). The maximum atomic E-state index is 8.45. The van der Waals surface area contributed by atoms with Crippen LogP contribution in [-0.2, 0) is 4.74 Å². The monoisotopic (exact) mass is 169 g/mol. The summed E-state index contributed by atoms with van der Waals surface area (Å²) in [6.45, 7) is 5.47. The van der Waals surface area contributed by atoms with Crippen LogP contribution in [0.3, 0.4) is 0 Å². The largest absolute Gasteiger partial charge is 0.380 e. The first-order valence-electron chi connectivity index (χ1n) is 4.78. The fraction of sp³-hybridized carbons (Fsp3) is 0.900. The average molecular weight is 169 g/mol. The van der Waals surface area contributed by atoms with Crippen LogP contribution in [0, 0.1) is 17.2 Å². The molecule has 0 saturated carbocycles. The molecule has 0 spiro atoms. The lowest BCUT2D eigenvalue weighted by Crippen LogP contribution is -2.04. The van der Waals surface area contributed by atoms with Crippen molar-refractivity contribution in [3.63, 3.8) is 0 Å². The highest BCUT2D eigenvalue weighted by atomic mass is 16.5. The fourth-order valence-corrected chi connectivity index (χ4v) is 0.928. The highest BCUT2D eigenvalue weighted by molar-refractivity contribution is 4.77. The Labute approximate surface area is 75.5 Å². The molecule has 0 N–H and O–H groups in total. The Bertz CT molecular complexity index is 128.